The Kier molecular flexibility index (Phi) is 6.45. The van der Waals surface area contributed by atoms with Crippen LogP contribution in [0.5, 0.6) is 0 Å². The quantitative estimate of drug-likeness (QED) is 0.533. The summed E-state index contributed by atoms with van der Waals surface area (Å²) >= 11 is 7.91. The highest BCUT2D eigenvalue weighted by atomic mass is 35.5. The first-order valence-corrected chi connectivity index (χ1v) is 10.7. The number of hydrogen-bond acceptors (Lipinski definition) is 4. The van der Waals surface area contributed by atoms with Crippen molar-refractivity contribution in [1.82, 2.24) is 4.98 Å². The molecule has 0 fully saturated rings. The van der Waals surface area contributed by atoms with Gasteiger partial charge < -0.3 is 10.6 Å². The van der Waals surface area contributed by atoms with E-state index in [1.54, 1.807) is 4.90 Å². The number of halogens is 1. The highest BCUT2D eigenvalue weighted by molar-refractivity contribution is 7.20. The molecule has 0 radical (unpaired) electrons. The number of aryl methyl sites for hydroxylation is 2. The number of rotatable bonds is 6. The third-order valence-electron chi connectivity index (χ3n) is 4.72. The third kappa shape index (κ3) is 4.09. The number of benzene rings is 2. The van der Waals surface area contributed by atoms with Crippen LogP contribution in [-0.4, -0.2) is 25.1 Å². The van der Waals surface area contributed by atoms with Crippen LogP contribution in [0.15, 0.2) is 42.5 Å². The third-order valence-corrected chi connectivity index (χ3v) is 6.26. The van der Waals surface area contributed by atoms with E-state index < -0.39 is 6.03 Å². The number of urea groups is 1. The zero-order valence-electron chi connectivity index (χ0n) is 17.1. The number of nitrogens with two attached hydrogens (primary N) is 1. The average Bonchev–Trinajstić information content (AvgIpc) is 3.13. The van der Waals surface area contributed by atoms with Gasteiger partial charge in [-0.2, -0.15) is 0 Å². The van der Waals surface area contributed by atoms with Crippen molar-refractivity contribution in [2.45, 2.75) is 26.7 Å². The zero-order valence-corrected chi connectivity index (χ0v) is 18.6. The summed E-state index contributed by atoms with van der Waals surface area (Å²) in [5.74, 6) is 0. The molecule has 1 heterocycles. The van der Waals surface area contributed by atoms with E-state index in [1.807, 2.05) is 61.5 Å². The second kappa shape index (κ2) is 8.84. The molecule has 0 aliphatic rings. The van der Waals surface area contributed by atoms with Crippen molar-refractivity contribution in [2.75, 3.05) is 23.9 Å². The van der Waals surface area contributed by atoms with Crippen molar-refractivity contribution in [3.05, 3.63) is 58.6 Å². The lowest BCUT2D eigenvalue weighted by molar-refractivity contribution is 0.256. The van der Waals surface area contributed by atoms with Gasteiger partial charge in [-0.25, -0.2) is 9.78 Å². The molecule has 0 spiro atoms. The van der Waals surface area contributed by atoms with Crippen LogP contribution in [0.4, 0.5) is 20.6 Å². The standard InChI is InChI=1S/C22H25ClN4OS/c1-5-14-10-9-11-15(6-2)19(14)27(21(24)28)20-18(25-22(29-20)26(3)4)16-12-7-8-13-17(16)23/h7-13H,5-6H2,1-4H3,(H2,24,28). The predicted octanol–water partition coefficient (Wildman–Crippen LogP) is 5.87. The molecular weight excluding hydrogens is 404 g/mol. The lowest BCUT2D eigenvalue weighted by Gasteiger charge is -2.25. The van der Waals surface area contributed by atoms with Crippen molar-refractivity contribution in [3.8, 4) is 11.3 Å². The van der Waals surface area contributed by atoms with E-state index >= 15 is 0 Å². The summed E-state index contributed by atoms with van der Waals surface area (Å²) in [4.78, 5) is 21.1. The van der Waals surface area contributed by atoms with Gasteiger partial charge in [0.25, 0.3) is 0 Å². The van der Waals surface area contributed by atoms with Crippen molar-refractivity contribution >= 4 is 44.8 Å². The van der Waals surface area contributed by atoms with Crippen LogP contribution in [0.25, 0.3) is 11.3 Å². The van der Waals surface area contributed by atoms with E-state index in [0.29, 0.717) is 15.7 Å². The molecule has 152 valence electrons. The molecule has 29 heavy (non-hydrogen) atoms. The van der Waals surface area contributed by atoms with Crippen molar-refractivity contribution in [2.24, 2.45) is 5.73 Å². The summed E-state index contributed by atoms with van der Waals surface area (Å²) in [6.07, 6.45) is 1.57. The lowest BCUT2D eigenvalue weighted by Crippen LogP contribution is -2.32. The maximum atomic E-state index is 12.8. The molecule has 0 atom stereocenters. The van der Waals surface area contributed by atoms with Gasteiger partial charge in [0.15, 0.2) is 5.13 Å². The molecule has 3 aromatic rings. The number of aromatic nitrogens is 1. The minimum absolute atomic E-state index is 0.539. The number of hydrogen-bond donors (Lipinski definition) is 1. The van der Waals surface area contributed by atoms with Gasteiger partial charge in [-0.05, 0) is 30.0 Å². The lowest BCUT2D eigenvalue weighted by atomic mass is 10.0. The molecular formula is C22H25ClN4OS. The summed E-state index contributed by atoms with van der Waals surface area (Å²) in [6.45, 7) is 4.15. The van der Waals surface area contributed by atoms with Gasteiger partial charge in [-0.15, -0.1) is 0 Å². The van der Waals surface area contributed by atoms with E-state index in [0.717, 1.165) is 40.4 Å². The van der Waals surface area contributed by atoms with Crippen LogP contribution in [0.2, 0.25) is 5.02 Å². The van der Waals surface area contributed by atoms with Crippen LogP contribution in [0.1, 0.15) is 25.0 Å². The predicted molar refractivity (Wildman–Crippen MR) is 124 cm³/mol. The Morgan fingerprint density at radius 3 is 2.21 bits per heavy atom. The van der Waals surface area contributed by atoms with Crippen LogP contribution in [0, 0.1) is 0 Å². The Labute approximate surface area is 180 Å². The molecule has 0 aliphatic heterocycles. The largest absolute Gasteiger partial charge is 0.354 e. The van der Waals surface area contributed by atoms with E-state index in [9.17, 15) is 4.79 Å². The molecule has 2 amide bonds. The molecule has 2 aromatic carbocycles. The van der Waals surface area contributed by atoms with E-state index in [4.69, 9.17) is 22.3 Å². The van der Waals surface area contributed by atoms with Crippen molar-refractivity contribution in [1.29, 1.82) is 0 Å². The first-order valence-electron chi connectivity index (χ1n) is 9.52. The number of nitrogens with zero attached hydrogens (tertiary/aromatic N) is 3. The highest BCUT2D eigenvalue weighted by Crippen LogP contribution is 2.45. The number of anilines is 3. The number of primary amides is 1. The first kappa shape index (κ1) is 21.1. The van der Waals surface area contributed by atoms with E-state index in [2.05, 4.69) is 13.8 Å². The van der Waals surface area contributed by atoms with Crippen molar-refractivity contribution in [3.63, 3.8) is 0 Å². The fourth-order valence-corrected chi connectivity index (χ4v) is 4.53. The fraction of sp³-hybridized carbons (Fsp3) is 0.273. The average molecular weight is 429 g/mol. The summed E-state index contributed by atoms with van der Waals surface area (Å²) in [5, 5.41) is 2.02. The fourth-order valence-electron chi connectivity index (χ4n) is 3.29. The number of amides is 2. The number of thiazole rings is 1. The molecule has 0 aliphatic carbocycles. The second-order valence-electron chi connectivity index (χ2n) is 6.83. The SMILES string of the molecule is CCc1cccc(CC)c1N(C(N)=O)c1sc(N(C)C)nc1-c1ccccc1Cl. The molecule has 3 rings (SSSR count). The Morgan fingerprint density at radius 2 is 1.69 bits per heavy atom. The van der Waals surface area contributed by atoms with Gasteiger partial charge in [0.1, 0.15) is 10.7 Å². The minimum Gasteiger partial charge on any atom is -0.354 e. The summed E-state index contributed by atoms with van der Waals surface area (Å²) in [7, 11) is 3.84. The molecule has 0 unspecified atom stereocenters. The summed E-state index contributed by atoms with van der Waals surface area (Å²) in [6, 6.07) is 13.1. The van der Waals surface area contributed by atoms with E-state index in [1.165, 1.54) is 11.3 Å². The van der Waals surface area contributed by atoms with Gasteiger partial charge in [-0.1, -0.05) is 73.2 Å². The Balaban J connectivity index is 2.33. The summed E-state index contributed by atoms with van der Waals surface area (Å²) in [5.41, 5.74) is 10.3. The topological polar surface area (TPSA) is 62.5 Å². The number of carbonyl (C=O) groups excluding carboxylic acids is 1. The molecule has 5 nitrogen and oxygen atoms in total. The Hall–Kier alpha value is -2.57. The summed E-state index contributed by atoms with van der Waals surface area (Å²) < 4.78 is 0. The van der Waals surface area contributed by atoms with Gasteiger partial charge in [0.2, 0.25) is 0 Å². The van der Waals surface area contributed by atoms with Gasteiger partial charge in [0, 0.05) is 19.7 Å². The Bertz CT molecular complexity index is 1010. The minimum atomic E-state index is -0.539. The normalized spacial score (nSPS) is 10.8. The Morgan fingerprint density at radius 1 is 1.07 bits per heavy atom. The van der Waals surface area contributed by atoms with Crippen molar-refractivity contribution < 1.29 is 4.79 Å². The maximum absolute atomic E-state index is 12.8. The molecule has 0 saturated heterocycles. The van der Waals surface area contributed by atoms with Crippen LogP contribution in [-0.2, 0) is 12.8 Å². The van der Waals surface area contributed by atoms with Crippen LogP contribution in [0.3, 0.4) is 0 Å². The number of para-hydroxylation sites is 1. The first-order chi connectivity index (χ1) is 13.9. The van der Waals surface area contributed by atoms with Gasteiger partial charge in [0.05, 0.1) is 10.7 Å². The molecule has 0 bridgehead atoms. The zero-order chi connectivity index (χ0) is 21.1. The van der Waals surface area contributed by atoms with Crippen LogP contribution >= 0.6 is 22.9 Å². The highest BCUT2D eigenvalue weighted by Gasteiger charge is 2.28. The molecule has 0 saturated carbocycles. The second-order valence-corrected chi connectivity index (χ2v) is 8.19. The maximum Gasteiger partial charge on any atom is 0.324 e. The van der Waals surface area contributed by atoms with Crippen LogP contribution < -0.4 is 15.5 Å². The molecule has 2 N–H and O–H groups in total. The molecule has 7 heteroatoms. The number of carbonyl (C=O) groups is 1. The monoisotopic (exact) mass is 428 g/mol. The van der Waals surface area contributed by atoms with Gasteiger partial charge >= 0.3 is 6.03 Å². The van der Waals surface area contributed by atoms with Gasteiger partial charge in [-0.3, -0.25) is 4.90 Å². The smallest absolute Gasteiger partial charge is 0.324 e. The molecule has 1 aromatic heterocycles. The van der Waals surface area contributed by atoms with E-state index in [-0.39, 0.29) is 0 Å².